The third kappa shape index (κ3) is 2.83. The minimum absolute atomic E-state index is 0.404. The molecule has 1 aromatic rings. The van der Waals surface area contributed by atoms with Gasteiger partial charge in [0, 0.05) is 38.6 Å². The molecule has 1 unspecified atom stereocenters. The Labute approximate surface area is 115 Å². The summed E-state index contributed by atoms with van der Waals surface area (Å²) in [6.07, 6.45) is 3.78. The van der Waals surface area contributed by atoms with Gasteiger partial charge < -0.3 is 15.2 Å². The number of benzene rings is 1. The molecule has 1 heterocycles. The second kappa shape index (κ2) is 5.23. The molecule has 2 N–H and O–H groups in total. The Morgan fingerprint density at radius 2 is 2.16 bits per heavy atom. The van der Waals surface area contributed by atoms with Crippen molar-refractivity contribution in [2.45, 2.75) is 44.2 Å². The molecular formula is C16H23NO2. The van der Waals surface area contributed by atoms with E-state index in [1.165, 1.54) is 16.7 Å². The van der Waals surface area contributed by atoms with E-state index < -0.39 is 5.60 Å². The molecule has 1 aliphatic carbocycles. The summed E-state index contributed by atoms with van der Waals surface area (Å²) in [6.45, 7) is 4.17. The summed E-state index contributed by atoms with van der Waals surface area (Å²) in [6, 6.07) is 7.12. The lowest BCUT2D eigenvalue weighted by Gasteiger charge is -2.33. The monoisotopic (exact) mass is 261 g/mol. The molecule has 0 radical (unpaired) electrons. The minimum Gasteiger partial charge on any atom is -0.388 e. The number of rotatable bonds is 3. The van der Waals surface area contributed by atoms with Crippen LogP contribution in [0.25, 0.3) is 0 Å². The Morgan fingerprint density at radius 1 is 1.37 bits per heavy atom. The third-order valence-corrected chi connectivity index (χ3v) is 4.48. The number of nitrogens with one attached hydrogen (secondary N) is 1. The summed E-state index contributed by atoms with van der Waals surface area (Å²) < 4.78 is 5.32. The van der Waals surface area contributed by atoms with Gasteiger partial charge in [-0.15, -0.1) is 0 Å². The van der Waals surface area contributed by atoms with Gasteiger partial charge in [-0.2, -0.15) is 0 Å². The van der Waals surface area contributed by atoms with Crippen molar-refractivity contribution in [2.24, 2.45) is 0 Å². The standard InChI is InChI=1S/C16H23NO2/c1-12-2-3-13-4-5-15(14(13)10-12)17-11-16(18)6-8-19-9-7-16/h2-3,10,15,17-18H,4-9,11H2,1H3. The van der Waals surface area contributed by atoms with Crippen molar-refractivity contribution in [3.63, 3.8) is 0 Å². The smallest absolute Gasteiger partial charge is 0.0815 e. The van der Waals surface area contributed by atoms with Crippen LogP contribution in [-0.4, -0.2) is 30.5 Å². The van der Waals surface area contributed by atoms with E-state index in [1.807, 2.05) is 0 Å². The van der Waals surface area contributed by atoms with Crippen molar-refractivity contribution in [3.8, 4) is 0 Å². The first kappa shape index (κ1) is 13.1. The van der Waals surface area contributed by atoms with Crippen LogP contribution in [0.1, 0.15) is 42.0 Å². The van der Waals surface area contributed by atoms with Crippen LogP contribution in [0.5, 0.6) is 0 Å². The van der Waals surface area contributed by atoms with Crippen LogP contribution in [0.3, 0.4) is 0 Å². The molecule has 2 aliphatic rings. The molecule has 1 atom stereocenters. The predicted octanol–water partition coefficient (Wildman–Crippen LogP) is 2.11. The van der Waals surface area contributed by atoms with Crippen molar-refractivity contribution in [2.75, 3.05) is 19.8 Å². The summed E-state index contributed by atoms with van der Waals surface area (Å²) in [5.74, 6) is 0. The molecular weight excluding hydrogens is 238 g/mol. The molecule has 0 aromatic heterocycles. The molecule has 3 rings (SSSR count). The number of fused-ring (bicyclic) bond motifs is 1. The molecule has 0 amide bonds. The van der Waals surface area contributed by atoms with Crippen molar-refractivity contribution in [3.05, 3.63) is 34.9 Å². The van der Waals surface area contributed by atoms with Crippen molar-refractivity contribution < 1.29 is 9.84 Å². The van der Waals surface area contributed by atoms with Gasteiger partial charge in [-0.1, -0.05) is 23.8 Å². The van der Waals surface area contributed by atoms with Crippen LogP contribution in [-0.2, 0) is 11.2 Å². The highest BCUT2D eigenvalue weighted by Crippen LogP contribution is 2.32. The quantitative estimate of drug-likeness (QED) is 0.875. The Kier molecular flexibility index (Phi) is 3.61. The normalized spacial score (nSPS) is 25.3. The van der Waals surface area contributed by atoms with Crippen molar-refractivity contribution in [1.29, 1.82) is 0 Å². The van der Waals surface area contributed by atoms with E-state index in [1.54, 1.807) is 0 Å². The van der Waals surface area contributed by atoms with Gasteiger partial charge in [0.15, 0.2) is 0 Å². The van der Waals surface area contributed by atoms with Gasteiger partial charge in [-0.25, -0.2) is 0 Å². The zero-order valence-corrected chi connectivity index (χ0v) is 11.6. The SMILES string of the molecule is Cc1ccc2c(c1)C(NCC1(O)CCOCC1)CC2. The second-order valence-electron chi connectivity index (χ2n) is 6.01. The molecule has 1 fully saturated rings. The third-order valence-electron chi connectivity index (χ3n) is 4.48. The fourth-order valence-electron chi connectivity index (χ4n) is 3.18. The average Bonchev–Trinajstić information content (AvgIpc) is 2.80. The van der Waals surface area contributed by atoms with Gasteiger partial charge in [0.1, 0.15) is 0 Å². The van der Waals surface area contributed by atoms with E-state index in [4.69, 9.17) is 4.74 Å². The van der Waals surface area contributed by atoms with E-state index in [2.05, 4.69) is 30.4 Å². The fourth-order valence-corrected chi connectivity index (χ4v) is 3.18. The van der Waals surface area contributed by atoms with E-state index in [9.17, 15) is 5.11 Å². The van der Waals surface area contributed by atoms with E-state index in [0.29, 0.717) is 25.8 Å². The summed E-state index contributed by atoms with van der Waals surface area (Å²) in [5, 5.41) is 14.1. The number of aryl methyl sites for hydroxylation is 2. The summed E-state index contributed by atoms with van der Waals surface area (Å²) >= 11 is 0. The van der Waals surface area contributed by atoms with Crippen LogP contribution >= 0.6 is 0 Å². The van der Waals surface area contributed by atoms with E-state index in [-0.39, 0.29) is 0 Å². The van der Waals surface area contributed by atoms with Gasteiger partial charge in [0.05, 0.1) is 5.60 Å². The molecule has 1 saturated heterocycles. The Bertz CT molecular complexity index is 452. The highest BCUT2D eigenvalue weighted by atomic mass is 16.5. The zero-order chi connectivity index (χ0) is 13.3. The van der Waals surface area contributed by atoms with Crippen LogP contribution in [0.15, 0.2) is 18.2 Å². The molecule has 3 nitrogen and oxygen atoms in total. The van der Waals surface area contributed by atoms with Gasteiger partial charge in [-0.3, -0.25) is 0 Å². The van der Waals surface area contributed by atoms with E-state index >= 15 is 0 Å². The maximum Gasteiger partial charge on any atom is 0.0815 e. The molecule has 3 heteroatoms. The lowest BCUT2D eigenvalue weighted by Crippen LogP contribution is -2.45. The Hall–Kier alpha value is -0.900. The lowest BCUT2D eigenvalue weighted by molar-refractivity contribution is -0.0628. The molecule has 19 heavy (non-hydrogen) atoms. The molecule has 0 saturated carbocycles. The number of ether oxygens (including phenoxy) is 1. The number of hydrogen-bond acceptors (Lipinski definition) is 3. The van der Waals surface area contributed by atoms with Gasteiger partial charge in [0.25, 0.3) is 0 Å². The van der Waals surface area contributed by atoms with E-state index in [0.717, 1.165) is 25.7 Å². The Morgan fingerprint density at radius 3 is 2.95 bits per heavy atom. The molecule has 0 bridgehead atoms. The lowest BCUT2D eigenvalue weighted by atomic mass is 9.93. The minimum atomic E-state index is -0.579. The molecule has 104 valence electrons. The summed E-state index contributed by atoms with van der Waals surface area (Å²) in [4.78, 5) is 0. The van der Waals surface area contributed by atoms with Crippen LogP contribution in [0, 0.1) is 6.92 Å². The van der Waals surface area contributed by atoms with Gasteiger partial charge in [0.2, 0.25) is 0 Å². The summed E-state index contributed by atoms with van der Waals surface area (Å²) in [5.41, 5.74) is 3.63. The maximum atomic E-state index is 10.5. The first-order chi connectivity index (χ1) is 9.16. The van der Waals surface area contributed by atoms with Crippen LogP contribution in [0.2, 0.25) is 0 Å². The average molecular weight is 261 g/mol. The fraction of sp³-hybridized carbons (Fsp3) is 0.625. The van der Waals surface area contributed by atoms with Crippen molar-refractivity contribution >= 4 is 0 Å². The topological polar surface area (TPSA) is 41.5 Å². The predicted molar refractivity (Wildman–Crippen MR) is 75.2 cm³/mol. The first-order valence-corrected chi connectivity index (χ1v) is 7.29. The van der Waals surface area contributed by atoms with Gasteiger partial charge in [-0.05, 0) is 30.9 Å². The highest BCUT2D eigenvalue weighted by molar-refractivity contribution is 5.37. The highest BCUT2D eigenvalue weighted by Gasteiger charge is 2.31. The van der Waals surface area contributed by atoms with Crippen molar-refractivity contribution in [1.82, 2.24) is 5.32 Å². The first-order valence-electron chi connectivity index (χ1n) is 7.29. The zero-order valence-electron chi connectivity index (χ0n) is 11.6. The second-order valence-corrected chi connectivity index (χ2v) is 6.01. The Balaban J connectivity index is 1.64. The number of aliphatic hydroxyl groups is 1. The molecule has 0 spiro atoms. The number of hydrogen-bond donors (Lipinski definition) is 2. The molecule has 1 aliphatic heterocycles. The largest absolute Gasteiger partial charge is 0.388 e. The van der Waals surface area contributed by atoms with Crippen LogP contribution < -0.4 is 5.32 Å². The molecule has 1 aromatic carbocycles. The van der Waals surface area contributed by atoms with Crippen LogP contribution in [0.4, 0.5) is 0 Å². The van der Waals surface area contributed by atoms with Gasteiger partial charge >= 0.3 is 0 Å². The maximum absolute atomic E-state index is 10.5. The summed E-state index contributed by atoms with van der Waals surface area (Å²) in [7, 11) is 0.